The van der Waals surface area contributed by atoms with Crippen molar-refractivity contribution in [2.24, 2.45) is 17.7 Å². The van der Waals surface area contributed by atoms with Crippen LogP contribution in [-0.4, -0.2) is 11.2 Å². The summed E-state index contributed by atoms with van der Waals surface area (Å²) in [5.74, 6) is 6.62. The van der Waals surface area contributed by atoms with E-state index < -0.39 is 0 Å². The lowest BCUT2D eigenvalue weighted by molar-refractivity contribution is 0.520. The molecule has 12 heavy (non-hydrogen) atoms. The monoisotopic (exact) mass is 183 g/mol. The number of hydrogen-bond donors (Lipinski definition) is 3. The number of hydrazine groups is 1. The zero-order valence-corrected chi connectivity index (χ0v) is 7.60. The van der Waals surface area contributed by atoms with E-state index in [1.807, 2.05) is 0 Å². The predicted molar refractivity (Wildman–Crippen MR) is 52.2 cm³/mol. The topological polar surface area (TPSA) is 50.1 Å². The highest BCUT2D eigenvalue weighted by molar-refractivity contribution is 7.80. The number of fused-ring (bicyclic) bond motifs is 2. The van der Waals surface area contributed by atoms with E-state index >= 15 is 0 Å². The van der Waals surface area contributed by atoms with Crippen LogP contribution in [-0.2, 0) is 0 Å². The van der Waals surface area contributed by atoms with Crippen molar-refractivity contribution in [1.82, 2.24) is 10.7 Å². The Morgan fingerprint density at radius 1 is 1.42 bits per heavy atom. The quantitative estimate of drug-likeness (QED) is 0.237. The second kappa shape index (κ2) is 3.03. The molecule has 0 aliphatic heterocycles. The third-order valence-corrected chi connectivity index (χ3v) is 2.96. The smallest absolute Gasteiger partial charge is 0.180 e. The molecule has 0 saturated heterocycles. The molecule has 1 fully saturated rings. The van der Waals surface area contributed by atoms with Gasteiger partial charge >= 0.3 is 0 Å². The molecule has 0 unspecified atom stereocenters. The Morgan fingerprint density at radius 3 is 2.75 bits per heavy atom. The molecule has 3 atom stereocenters. The highest BCUT2D eigenvalue weighted by atomic mass is 32.1. The first kappa shape index (κ1) is 8.01. The second-order valence-electron chi connectivity index (χ2n) is 3.50. The summed E-state index contributed by atoms with van der Waals surface area (Å²) in [7, 11) is 0. The molecule has 4 N–H and O–H groups in total. The van der Waals surface area contributed by atoms with E-state index in [4.69, 9.17) is 18.1 Å². The van der Waals surface area contributed by atoms with Crippen molar-refractivity contribution in [2.45, 2.75) is 18.9 Å². The van der Waals surface area contributed by atoms with Gasteiger partial charge in [0, 0.05) is 6.04 Å². The van der Waals surface area contributed by atoms with Crippen molar-refractivity contribution in [3.63, 3.8) is 0 Å². The number of hydrogen-bond acceptors (Lipinski definition) is 2. The van der Waals surface area contributed by atoms with Crippen LogP contribution in [0.5, 0.6) is 0 Å². The molecule has 2 rings (SSSR count). The van der Waals surface area contributed by atoms with Gasteiger partial charge < -0.3 is 10.7 Å². The van der Waals surface area contributed by atoms with Gasteiger partial charge in [-0.25, -0.2) is 5.84 Å². The van der Waals surface area contributed by atoms with E-state index in [2.05, 4.69) is 22.9 Å². The minimum atomic E-state index is 0.503. The first-order valence-electron chi connectivity index (χ1n) is 4.25. The van der Waals surface area contributed by atoms with Gasteiger partial charge in [0.1, 0.15) is 0 Å². The number of nitrogens with one attached hydrogen (secondary N) is 2. The first-order chi connectivity index (χ1) is 5.79. The van der Waals surface area contributed by atoms with Crippen molar-refractivity contribution >= 4 is 17.3 Å². The summed E-state index contributed by atoms with van der Waals surface area (Å²) < 4.78 is 0. The normalized spacial score (nSPS) is 36.9. The average molecular weight is 183 g/mol. The highest BCUT2D eigenvalue weighted by Crippen LogP contribution is 2.38. The van der Waals surface area contributed by atoms with Gasteiger partial charge in [-0.2, -0.15) is 0 Å². The minimum absolute atomic E-state index is 0.503. The first-order valence-corrected chi connectivity index (χ1v) is 4.66. The largest absolute Gasteiger partial charge is 0.358 e. The molecule has 0 aromatic carbocycles. The number of allylic oxidation sites excluding steroid dienone is 1. The molecule has 66 valence electrons. The fraction of sp³-hybridized carbons (Fsp3) is 0.625. The van der Waals surface area contributed by atoms with Gasteiger partial charge in [0.25, 0.3) is 0 Å². The fourth-order valence-corrected chi connectivity index (χ4v) is 2.31. The fourth-order valence-electron chi connectivity index (χ4n) is 2.16. The van der Waals surface area contributed by atoms with Gasteiger partial charge in [0.15, 0.2) is 5.11 Å². The SMILES string of the molecule is NNC(=S)N[C@@H]1C[C@H]2C=C[C@H]1C2. The maximum atomic E-state index is 5.18. The Bertz CT molecular complexity index is 226. The summed E-state index contributed by atoms with van der Waals surface area (Å²) in [5, 5.41) is 3.76. The zero-order chi connectivity index (χ0) is 8.55. The summed E-state index contributed by atoms with van der Waals surface area (Å²) in [6.45, 7) is 0. The Kier molecular flexibility index (Phi) is 2.02. The van der Waals surface area contributed by atoms with Crippen molar-refractivity contribution in [2.75, 3.05) is 0 Å². The lowest BCUT2D eigenvalue weighted by Gasteiger charge is -2.20. The van der Waals surface area contributed by atoms with E-state index in [0.717, 1.165) is 5.92 Å². The Morgan fingerprint density at radius 2 is 2.25 bits per heavy atom. The van der Waals surface area contributed by atoms with Crippen LogP contribution >= 0.6 is 12.2 Å². The van der Waals surface area contributed by atoms with Crippen molar-refractivity contribution < 1.29 is 0 Å². The molecule has 2 aliphatic carbocycles. The maximum absolute atomic E-state index is 5.18. The maximum Gasteiger partial charge on any atom is 0.180 e. The third-order valence-electron chi connectivity index (χ3n) is 2.73. The molecule has 0 aromatic rings. The minimum Gasteiger partial charge on any atom is -0.358 e. The molecule has 0 spiro atoms. The molecule has 3 nitrogen and oxygen atoms in total. The predicted octanol–water partition coefficient (Wildman–Crippen LogP) is 0.289. The Balaban J connectivity index is 1.91. The molecule has 0 amide bonds. The summed E-state index contributed by atoms with van der Waals surface area (Å²) in [6, 6.07) is 0.503. The average Bonchev–Trinajstić information content (AvgIpc) is 2.64. The lowest BCUT2D eigenvalue weighted by atomic mass is 10.0. The molecular weight excluding hydrogens is 170 g/mol. The van der Waals surface area contributed by atoms with Crippen LogP contribution in [0.3, 0.4) is 0 Å². The number of thiocarbonyl (C=S) groups is 1. The van der Waals surface area contributed by atoms with Crippen LogP contribution in [0.4, 0.5) is 0 Å². The van der Waals surface area contributed by atoms with Gasteiger partial charge in [0.2, 0.25) is 0 Å². The molecule has 0 aromatic heterocycles. The summed E-state index contributed by atoms with van der Waals surface area (Å²) in [5.41, 5.74) is 2.45. The van der Waals surface area contributed by atoms with Crippen molar-refractivity contribution in [3.05, 3.63) is 12.2 Å². The van der Waals surface area contributed by atoms with Crippen LogP contribution in [0.15, 0.2) is 12.2 Å². The van der Waals surface area contributed by atoms with E-state index in [1.165, 1.54) is 12.8 Å². The molecular formula is C8H13N3S. The van der Waals surface area contributed by atoms with Gasteiger partial charge in [-0.15, -0.1) is 0 Å². The molecule has 2 bridgehead atoms. The molecule has 1 saturated carbocycles. The van der Waals surface area contributed by atoms with Gasteiger partial charge in [-0.05, 0) is 36.9 Å². The molecule has 2 aliphatic rings. The van der Waals surface area contributed by atoms with Crippen molar-refractivity contribution in [3.8, 4) is 0 Å². The third kappa shape index (κ3) is 1.32. The van der Waals surface area contributed by atoms with Crippen LogP contribution in [0, 0.1) is 11.8 Å². The van der Waals surface area contributed by atoms with E-state index in [1.54, 1.807) is 0 Å². The van der Waals surface area contributed by atoms with Gasteiger partial charge in [-0.1, -0.05) is 12.2 Å². The van der Waals surface area contributed by atoms with Crippen LogP contribution in [0.25, 0.3) is 0 Å². The van der Waals surface area contributed by atoms with Crippen molar-refractivity contribution in [1.29, 1.82) is 0 Å². The number of rotatable bonds is 1. The summed E-state index contributed by atoms with van der Waals surface area (Å²) in [6.07, 6.45) is 7.07. The van der Waals surface area contributed by atoms with Crippen LogP contribution in [0.2, 0.25) is 0 Å². The summed E-state index contributed by atoms with van der Waals surface area (Å²) in [4.78, 5) is 0. The molecule has 0 heterocycles. The summed E-state index contributed by atoms with van der Waals surface area (Å²) >= 11 is 4.94. The highest BCUT2D eigenvalue weighted by Gasteiger charge is 2.35. The van der Waals surface area contributed by atoms with E-state index in [0.29, 0.717) is 17.1 Å². The zero-order valence-electron chi connectivity index (χ0n) is 6.79. The second-order valence-corrected chi connectivity index (χ2v) is 3.91. The van der Waals surface area contributed by atoms with Crippen LogP contribution in [0.1, 0.15) is 12.8 Å². The standard InChI is InChI=1S/C8H13N3S/c9-11-8(12)10-7-4-5-1-2-6(7)3-5/h1-2,5-7H,3-4,9H2,(H2,10,11,12)/t5-,6-,7+/m0/s1. The van der Waals surface area contributed by atoms with Gasteiger partial charge in [-0.3, -0.25) is 0 Å². The molecule has 4 heteroatoms. The Hall–Kier alpha value is -0.610. The lowest BCUT2D eigenvalue weighted by Crippen LogP contribution is -2.46. The van der Waals surface area contributed by atoms with E-state index in [-0.39, 0.29) is 0 Å². The Labute approximate surface area is 77.4 Å². The van der Waals surface area contributed by atoms with Gasteiger partial charge in [0.05, 0.1) is 0 Å². The molecule has 0 radical (unpaired) electrons. The van der Waals surface area contributed by atoms with E-state index in [9.17, 15) is 0 Å². The van der Waals surface area contributed by atoms with Crippen LogP contribution < -0.4 is 16.6 Å². The number of nitrogens with two attached hydrogens (primary N) is 1.